The molecule has 0 bridgehead atoms. The van der Waals surface area contributed by atoms with E-state index in [1.807, 2.05) is 6.92 Å². The van der Waals surface area contributed by atoms with Crippen LogP contribution in [0.4, 0.5) is 13.2 Å². The summed E-state index contributed by atoms with van der Waals surface area (Å²) in [4.78, 5) is 0. The average Bonchev–Trinajstić information content (AvgIpc) is 2.34. The standard InChI is InChI=1S/C13H17ClF3NO.ClH/c1-2-3-7-10(19)12(18)8-5-4-6-9(11(8)14)13(15,16)17;/h4-6,10,12,19H,2-3,7,18H2,1H3;1H/t10-,12+;/m1./s1. The summed E-state index contributed by atoms with van der Waals surface area (Å²) in [5.41, 5.74) is 4.99. The monoisotopic (exact) mass is 331 g/mol. The van der Waals surface area contributed by atoms with E-state index in [9.17, 15) is 18.3 Å². The van der Waals surface area contributed by atoms with Crippen LogP contribution in [0.3, 0.4) is 0 Å². The fourth-order valence-electron chi connectivity index (χ4n) is 1.83. The molecule has 0 aromatic heterocycles. The van der Waals surface area contributed by atoms with E-state index in [0.717, 1.165) is 18.9 Å². The molecule has 20 heavy (non-hydrogen) atoms. The number of benzene rings is 1. The molecule has 0 fully saturated rings. The van der Waals surface area contributed by atoms with E-state index in [2.05, 4.69) is 0 Å². The largest absolute Gasteiger partial charge is 0.417 e. The van der Waals surface area contributed by atoms with Gasteiger partial charge in [-0.15, -0.1) is 12.4 Å². The number of halogens is 5. The number of alkyl halides is 3. The Morgan fingerprint density at radius 2 is 1.95 bits per heavy atom. The summed E-state index contributed by atoms with van der Waals surface area (Å²) in [6, 6.07) is 2.64. The molecule has 3 N–H and O–H groups in total. The van der Waals surface area contributed by atoms with Crippen molar-refractivity contribution in [3.8, 4) is 0 Å². The summed E-state index contributed by atoms with van der Waals surface area (Å²) in [6.07, 6.45) is -3.36. The van der Waals surface area contributed by atoms with Gasteiger partial charge in [0.25, 0.3) is 0 Å². The van der Waals surface area contributed by atoms with Gasteiger partial charge in [0.05, 0.1) is 22.7 Å². The zero-order valence-corrected chi connectivity index (χ0v) is 12.5. The van der Waals surface area contributed by atoms with Gasteiger partial charge in [0.1, 0.15) is 0 Å². The Balaban J connectivity index is 0.00000361. The molecule has 0 amide bonds. The maximum Gasteiger partial charge on any atom is 0.417 e. The first-order valence-electron chi connectivity index (χ1n) is 6.08. The minimum Gasteiger partial charge on any atom is -0.391 e. The first-order chi connectivity index (χ1) is 8.79. The smallest absolute Gasteiger partial charge is 0.391 e. The molecular weight excluding hydrogens is 314 g/mol. The van der Waals surface area contributed by atoms with Crippen LogP contribution in [0.5, 0.6) is 0 Å². The highest BCUT2D eigenvalue weighted by Crippen LogP contribution is 2.38. The maximum absolute atomic E-state index is 12.7. The molecule has 7 heteroatoms. The van der Waals surface area contributed by atoms with Crippen molar-refractivity contribution in [2.45, 2.75) is 44.5 Å². The quantitative estimate of drug-likeness (QED) is 0.843. The van der Waals surface area contributed by atoms with Crippen LogP contribution in [0.2, 0.25) is 5.02 Å². The second-order valence-corrected chi connectivity index (χ2v) is 4.82. The second kappa shape index (κ2) is 8.08. The molecule has 0 aliphatic carbocycles. The molecule has 1 aromatic carbocycles. The summed E-state index contributed by atoms with van der Waals surface area (Å²) in [6.45, 7) is 1.95. The lowest BCUT2D eigenvalue weighted by Crippen LogP contribution is -2.27. The van der Waals surface area contributed by atoms with Crippen LogP contribution in [0.15, 0.2) is 18.2 Å². The van der Waals surface area contributed by atoms with E-state index in [1.165, 1.54) is 12.1 Å². The van der Waals surface area contributed by atoms with Crippen molar-refractivity contribution in [2.75, 3.05) is 0 Å². The van der Waals surface area contributed by atoms with Crippen molar-refractivity contribution in [2.24, 2.45) is 5.73 Å². The second-order valence-electron chi connectivity index (χ2n) is 4.44. The predicted octanol–water partition coefficient (Wildman–Crippen LogP) is 4.33. The molecule has 2 nitrogen and oxygen atoms in total. The van der Waals surface area contributed by atoms with E-state index in [4.69, 9.17) is 17.3 Å². The molecule has 1 rings (SSSR count). The number of hydrogen-bond donors (Lipinski definition) is 2. The normalized spacial score (nSPS) is 14.6. The van der Waals surface area contributed by atoms with E-state index in [0.29, 0.717) is 6.42 Å². The lowest BCUT2D eigenvalue weighted by Gasteiger charge is -2.21. The average molecular weight is 332 g/mol. The number of nitrogens with two attached hydrogens (primary N) is 1. The molecule has 0 radical (unpaired) electrons. The van der Waals surface area contributed by atoms with Gasteiger partial charge in [-0.05, 0) is 18.1 Å². The summed E-state index contributed by atoms with van der Waals surface area (Å²) in [5, 5.41) is 9.42. The highest BCUT2D eigenvalue weighted by Gasteiger charge is 2.35. The van der Waals surface area contributed by atoms with Gasteiger partial charge in [-0.3, -0.25) is 0 Å². The zero-order chi connectivity index (χ0) is 14.6. The van der Waals surface area contributed by atoms with Crippen molar-refractivity contribution in [1.29, 1.82) is 0 Å². The summed E-state index contributed by atoms with van der Waals surface area (Å²) in [7, 11) is 0. The minimum absolute atomic E-state index is 0. The van der Waals surface area contributed by atoms with Gasteiger partial charge in [0.15, 0.2) is 0 Å². The molecule has 0 aliphatic heterocycles. The first-order valence-corrected chi connectivity index (χ1v) is 6.46. The van der Waals surface area contributed by atoms with Gasteiger partial charge in [0.2, 0.25) is 0 Å². The Morgan fingerprint density at radius 3 is 2.45 bits per heavy atom. The maximum atomic E-state index is 12.7. The van der Waals surface area contributed by atoms with Gasteiger partial charge in [-0.1, -0.05) is 43.5 Å². The Labute approximate surface area is 127 Å². The molecule has 0 unspecified atom stereocenters. The van der Waals surface area contributed by atoms with Gasteiger partial charge < -0.3 is 10.8 Å². The van der Waals surface area contributed by atoms with Crippen LogP contribution in [-0.2, 0) is 6.18 Å². The number of unbranched alkanes of at least 4 members (excludes halogenated alkanes) is 1. The van der Waals surface area contributed by atoms with Gasteiger partial charge >= 0.3 is 6.18 Å². The van der Waals surface area contributed by atoms with Crippen LogP contribution in [-0.4, -0.2) is 11.2 Å². The van der Waals surface area contributed by atoms with Gasteiger partial charge in [-0.25, -0.2) is 0 Å². The SMILES string of the molecule is CCCC[C@@H](O)[C@@H](N)c1cccc(C(F)(F)F)c1Cl.Cl. The number of hydrogen-bond acceptors (Lipinski definition) is 2. The molecule has 0 heterocycles. The Kier molecular flexibility index (Phi) is 7.88. The topological polar surface area (TPSA) is 46.2 Å². The molecule has 0 saturated heterocycles. The van der Waals surface area contributed by atoms with Crippen LogP contribution in [0.1, 0.15) is 43.4 Å². The Morgan fingerprint density at radius 1 is 1.35 bits per heavy atom. The van der Waals surface area contributed by atoms with E-state index in [1.54, 1.807) is 0 Å². The summed E-state index contributed by atoms with van der Waals surface area (Å²) < 4.78 is 38.1. The van der Waals surface area contributed by atoms with Gasteiger partial charge in [0, 0.05) is 0 Å². The fourth-order valence-corrected chi connectivity index (χ4v) is 2.19. The third-order valence-electron chi connectivity index (χ3n) is 2.96. The van der Waals surface area contributed by atoms with Crippen molar-refractivity contribution in [3.05, 3.63) is 34.3 Å². The lowest BCUT2D eigenvalue weighted by atomic mass is 9.96. The van der Waals surface area contributed by atoms with Gasteiger partial charge in [-0.2, -0.15) is 13.2 Å². The van der Waals surface area contributed by atoms with E-state index < -0.39 is 28.9 Å². The van der Waals surface area contributed by atoms with E-state index in [-0.39, 0.29) is 18.0 Å². The summed E-state index contributed by atoms with van der Waals surface area (Å²) >= 11 is 5.76. The van der Waals surface area contributed by atoms with Crippen LogP contribution >= 0.6 is 24.0 Å². The zero-order valence-electron chi connectivity index (χ0n) is 11.0. The molecule has 2 atom stereocenters. The number of aliphatic hydroxyl groups is 1. The van der Waals surface area contributed by atoms with Crippen molar-refractivity contribution in [3.63, 3.8) is 0 Å². The lowest BCUT2D eigenvalue weighted by molar-refractivity contribution is -0.137. The number of rotatable bonds is 5. The van der Waals surface area contributed by atoms with Crippen molar-refractivity contribution >= 4 is 24.0 Å². The predicted molar refractivity (Wildman–Crippen MR) is 76.2 cm³/mol. The third-order valence-corrected chi connectivity index (χ3v) is 3.38. The fraction of sp³-hybridized carbons (Fsp3) is 0.538. The van der Waals surface area contributed by atoms with Crippen molar-refractivity contribution < 1.29 is 18.3 Å². The molecule has 0 spiro atoms. The van der Waals surface area contributed by atoms with Crippen LogP contribution in [0.25, 0.3) is 0 Å². The molecule has 0 saturated carbocycles. The van der Waals surface area contributed by atoms with Crippen LogP contribution in [0, 0.1) is 0 Å². The number of aliphatic hydroxyl groups excluding tert-OH is 1. The molecule has 1 aromatic rings. The molecular formula is C13H18Cl2F3NO. The Hall–Kier alpha value is -0.490. The van der Waals surface area contributed by atoms with Crippen molar-refractivity contribution in [1.82, 2.24) is 0 Å². The summed E-state index contributed by atoms with van der Waals surface area (Å²) in [5.74, 6) is 0. The van der Waals surface area contributed by atoms with E-state index >= 15 is 0 Å². The Bertz CT molecular complexity index is 427. The first kappa shape index (κ1) is 19.5. The molecule has 116 valence electrons. The minimum atomic E-state index is -4.53. The highest BCUT2D eigenvalue weighted by atomic mass is 35.5. The highest BCUT2D eigenvalue weighted by molar-refractivity contribution is 6.32. The van der Waals surface area contributed by atoms with Crippen LogP contribution < -0.4 is 5.73 Å². The molecule has 0 aliphatic rings. The third kappa shape index (κ3) is 4.81.